The van der Waals surface area contributed by atoms with Gasteiger partial charge in [0.05, 0.1) is 6.04 Å². The van der Waals surface area contributed by atoms with Crippen LogP contribution in [0.5, 0.6) is 0 Å². The van der Waals surface area contributed by atoms with Crippen molar-refractivity contribution in [3.63, 3.8) is 0 Å². The van der Waals surface area contributed by atoms with Crippen LogP contribution in [0, 0.1) is 0 Å². The van der Waals surface area contributed by atoms with Crippen molar-refractivity contribution in [3.8, 4) is 0 Å². The average molecular weight is 404 g/mol. The van der Waals surface area contributed by atoms with E-state index in [1.807, 2.05) is 20.8 Å². The zero-order chi connectivity index (χ0) is 21.3. The van der Waals surface area contributed by atoms with Crippen LogP contribution >= 0.6 is 0 Å². The van der Waals surface area contributed by atoms with E-state index in [0.717, 1.165) is 25.5 Å². The van der Waals surface area contributed by atoms with Gasteiger partial charge in [-0.2, -0.15) is 0 Å². The lowest BCUT2D eigenvalue weighted by Crippen LogP contribution is -2.40. The van der Waals surface area contributed by atoms with Crippen LogP contribution < -0.4 is 20.9 Å². The Morgan fingerprint density at radius 2 is 1.90 bits per heavy atom. The summed E-state index contributed by atoms with van der Waals surface area (Å²) in [5.74, 6) is 0.751. The van der Waals surface area contributed by atoms with E-state index in [1.54, 1.807) is 7.05 Å². The van der Waals surface area contributed by atoms with E-state index >= 15 is 0 Å². The molecule has 2 rings (SSSR count). The maximum Gasteiger partial charge on any atom is 0.407 e. The van der Waals surface area contributed by atoms with Crippen LogP contribution in [0.2, 0.25) is 0 Å². The highest BCUT2D eigenvalue weighted by Crippen LogP contribution is 2.23. The molecule has 1 aliphatic rings. The van der Waals surface area contributed by atoms with Crippen molar-refractivity contribution in [2.45, 2.75) is 58.6 Å². The maximum atomic E-state index is 11.6. The summed E-state index contributed by atoms with van der Waals surface area (Å²) in [6.45, 7) is 11.2. The number of nitrogens with one attached hydrogen (secondary N) is 3. The number of hydrogen-bond donors (Lipinski definition) is 3. The van der Waals surface area contributed by atoms with Gasteiger partial charge in [-0.3, -0.25) is 4.99 Å². The number of hydrogen-bond acceptors (Lipinski definition) is 4. The van der Waals surface area contributed by atoms with Gasteiger partial charge in [0.1, 0.15) is 5.60 Å². The van der Waals surface area contributed by atoms with Crippen molar-refractivity contribution in [2.24, 2.45) is 4.99 Å². The molecule has 7 nitrogen and oxygen atoms in total. The molecule has 0 radical (unpaired) electrons. The van der Waals surface area contributed by atoms with E-state index in [2.05, 4.69) is 57.0 Å². The number of carbonyl (C=O) groups is 1. The monoisotopic (exact) mass is 403 g/mol. The summed E-state index contributed by atoms with van der Waals surface area (Å²) in [5, 5.41) is 9.50. The molecule has 1 saturated heterocycles. The number of nitrogens with zero attached hydrogens (tertiary/aromatic N) is 2. The van der Waals surface area contributed by atoms with Crippen LogP contribution in [0.3, 0.4) is 0 Å². The molecule has 0 bridgehead atoms. The molecule has 1 amide bonds. The number of benzene rings is 1. The highest BCUT2D eigenvalue weighted by molar-refractivity contribution is 5.80. The molecule has 1 aliphatic heterocycles. The predicted molar refractivity (Wildman–Crippen MR) is 120 cm³/mol. The first-order chi connectivity index (χ1) is 13.8. The normalized spacial score (nSPS) is 15.8. The highest BCUT2D eigenvalue weighted by Gasteiger charge is 2.16. The van der Waals surface area contributed by atoms with E-state index in [9.17, 15) is 4.79 Å². The third-order valence-electron chi connectivity index (χ3n) is 4.73. The Labute approximate surface area is 175 Å². The van der Waals surface area contributed by atoms with Crippen molar-refractivity contribution < 1.29 is 9.53 Å². The lowest BCUT2D eigenvalue weighted by Gasteiger charge is -2.22. The van der Waals surface area contributed by atoms with Crippen LogP contribution in [0.15, 0.2) is 29.3 Å². The van der Waals surface area contributed by atoms with Crippen molar-refractivity contribution in [3.05, 3.63) is 29.8 Å². The second-order valence-corrected chi connectivity index (χ2v) is 8.44. The first-order valence-corrected chi connectivity index (χ1v) is 10.6. The van der Waals surface area contributed by atoms with Gasteiger partial charge in [-0.15, -0.1) is 0 Å². The standard InChI is InChI=1S/C22H37N5O2/c1-17(18-10-8-11-19(16-18)27-14-6-7-15-27)26-20(23-5)24-12-9-13-25-21(28)29-22(2,3)4/h8,10-11,16-17H,6-7,9,12-15H2,1-5H3,(H,25,28)(H2,23,24,26). The summed E-state index contributed by atoms with van der Waals surface area (Å²) in [6.07, 6.45) is 2.94. The number of ether oxygens (including phenoxy) is 1. The van der Waals surface area contributed by atoms with Crippen molar-refractivity contribution in [2.75, 3.05) is 38.1 Å². The van der Waals surface area contributed by atoms with E-state index in [4.69, 9.17) is 4.74 Å². The number of alkyl carbamates (subject to hydrolysis) is 1. The van der Waals surface area contributed by atoms with Gasteiger partial charge < -0.3 is 25.6 Å². The maximum absolute atomic E-state index is 11.6. The molecular formula is C22H37N5O2. The van der Waals surface area contributed by atoms with Crippen molar-refractivity contribution in [1.29, 1.82) is 0 Å². The lowest BCUT2D eigenvalue weighted by molar-refractivity contribution is 0.0527. The fraction of sp³-hybridized carbons (Fsp3) is 0.636. The van der Waals surface area contributed by atoms with E-state index in [0.29, 0.717) is 13.1 Å². The highest BCUT2D eigenvalue weighted by atomic mass is 16.6. The number of guanidine groups is 1. The molecule has 0 aliphatic carbocycles. The van der Waals surface area contributed by atoms with Gasteiger partial charge >= 0.3 is 6.09 Å². The molecule has 1 aromatic rings. The number of anilines is 1. The van der Waals surface area contributed by atoms with Crippen LogP contribution in [0.4, 0.5) is 10.5 Å². The van der Waals surface area contributed by atoms with E-state index < -0.39 is 5.60 Å². The molecule has 3 N–H and O–H groups in total. The molecular weight excluding hydrogens is 366 g/mol. The van der Waals surface area contributed by atoms with Crippen LogP contribution in [-0.4, -0.2) is 50.9 Å². The lowest BCUT2D eigenvalue weighted by atomic mass is 10.1. The first kappa shape index (κ1) is 22.8. The summed E-state index contributed by atoms with van der Waals surface area (Å²) < 4.78 is 5.22. The second kappa shape index (κ2) is 10.9. The average Bonchev–Trinajstić information content (AvgIpc) is 3.20. The van der Waals surface area contributed by atoms with E-state index in [1.165, 1.54) is 24.1 Å². The third kappa shape index (κ3) is 8.21. The Hall–Kier alpha value is -2.44. The summed E-state index contributed by atoms with van der Waals surface area (Å²) in [4.78, 5) is 18.4. The Kier molecular flexibility index (Phi) is 8.61. The number of carbonyl (C=O) groups excluding carboxylic acids is 1. The fourth-order valence-electron chi connectivity index (χ4n) is 3.25. The molecule has 1 aromatic carbocycles. The van der Waals surface area contributed by atoms with Gasteiger partial charge in [0.2, 0.25) is 0 Å². The summed E-state index contributed by atoms with van der Waals surface area (Å²) >= 11 is 0. The van der Waals surface area contributed by atoms with Crippen LogP contribution in [0.1, 0.15) is 58.6 Å². The van der Waals surface area contributed by atoms with Gasteiger partial charge in [-0.25, -0.2) is 4.79 Å². The quantitative estimate of drug-likeness (QED) is 0.369. The minimum Gasteiger partial charge on any atom is -0.444 e. The Morgan fingerprint density at radius 3 is 2.55 bits per heavy atom. The molecule has 1 unspecified atom stereocenters. The third-order valence-corrected chi connectivity index (χ3v) is 4.73. The second-order valence-electron chi connectivity index (χ2n) is 8.44. The predicted octanol–water partition coefficient (Wildman–Crippen LogP) is 3.43. The fourth-order valence-corrected chi connectivity index (χ4v) is 3.25. The number of rotatable bonds is 7. The first-order valence-electron chi connectivity index (χ1n) is 10.6. The SMILES string of the molecule is CN=C(NCCCNC(=O)OC(C)(C)C)NC(C)c1cccc(N2CCCC2)c1. The molecule has 29 heavy (non-hydrogen) atoms. The Morgan fingerprint density at radius 1 is 1.21 bits per heavy atom. The topological polar surface area (TPSA) is 78.0 Å². The van der Waals surface area contributed by atoms with Crippen LogP contribution in [0.25, 0.3) is 0 Å². The van der Waals surface area contributed by atoms with Gasteiger partial charge in [-0.05, 0) is 64.7 Å². The molecule has 0 spiro atoms. The summed E-state index contributed by atoms with van der Waals surface area (Å²) in [6, 6.07) is 8.87. The minimum atomic E-state index is -0.476. The minimum absolute atomic E-state index is 0.142. The van der Waals surface area contributed by atoms with Gasteiger partial charge in [-0.1, -0.05) is 12.1 Å². The molecule has 162 valence electrons. The smallest absolute Gasteiger partial charge is 0.407 e. The zero-order valence-corrected chi connectivity index (χ0v) is 18.5. The van der Waals surface area contributed by atoms with Crippen LogP contribution in [-0.2, 0) is 4.74 Å². The molecule has 0 saturated carbocycles. The molecule has 1 heterocycles. The zero-order valence-electron chi connectivity index (χ0n) is 18.5. The number of aliphatic imine (C=N–C) groups is 1. The largest absolute Gasteiger partial charge is 0.444 e. The van der Waals surface area contributed by atoms with Gasteiger partial charge in [0.25, 0.3) is 0 Å². The summed E-state index contributed by atoms with van der Waals surface area (Å²) in [5.41, 5.74) is 2.06. The molecule has 1 atom stereocenters. The van der Waals surface area contributed by atoms with Gasteiger partial charge in [0.15, 0.2) is 5.96 Å². The Balaban J connectivity index is 1.74. The molecule has 0 aromatic heterocycles. The van der Waals surface area contributed by atoms with E-state index in [-0.39, 0.29) is 12.1 Å². The van der Waals surface area contributed by atoms with Crippen molar-refractivity contribution >= 4 is 17.7 Å². The number of amides is 1. The molecule has 1 fully saturated rings. The summed E-state index contributed by atoms with van der Waals surface area (Å²) in [7, 11) is 1.77. The van der Waals surface area contributed by atoms with Crippen molar-refractivity contribution in [1.82, 2.24) is 16.0 Å². The molecule has 7 heteroatoms. The Bertz CT molecular complexity index is 678. The van der Waals surface area contributed by atoms with Gasteiger partial charge in [0, 0.05) is 38.9 Å².